The molecule has 2 N–H and O–H groups in total. The summed E-state index contributed by atoms with van der Waals surface area (Å²) in [6.45, 7) is 1.91. The molecule has 0 aromatic heterocycles. The number of ether oxygens (including phenoxy) is 1. The number of nitrogens with one attached hydrogen (secondary N) is 1. The van der Waals surface area contributed by atoms with Gasteiger partial charge in [-0.25, -0.2) is 0 Å². The molecule has 0 atom stereocenters. The van der Waals surface area contributed by atoms with E-state index in [0.29, 0.717) is 32.5 Å². The Morgan fingerprint density at radius 3 is 3.00 bits per heavy atom. The van der Waals surface area contributed by atoms with Crippen LogP contribution in [0, 0.1) is 11.3 Å². The molecule has 0 spiro atoms. The van der Waals surface area contributed by atoms with Gasteiger partial charge in [0, 0.05) is 19.4 Å². The van der Waals surface area contributed by atoms with E-state index >= 15 is 0 Å². The third kappa shape index (κ3) is 7.39. The van der Waals surface area contributed by atoms with Crippen molar-refractivity contribution in [2.75, 3.05) is 13.2 Å². The number of aliphatic carboxylic acids is 1. The van der Waals surface area contributed by atoms with Gasteiger partial charge in [0.15, 0.2) is 0 Å². The van der Waals surface area contributed by atoms with Crippen molar-refractivity contribution in [3.05, 3.63) is 29.8 Å². The first-order valence-electron chi connectivity index (χ1n) is 6.73. The Balaban J connectivity index is 2.25. The van der Waals surface area contributed by atoms with Crippen molar-refractivity contribution in [1.29, 1.82) is 5.26 Å². The minimum Gasteiger partial charge on any atom is -0.494 e. The lowest BCUT2D eigenvalue weighted by Gasteiger charge is -2.08. The van der Waals surface area contributed by atoms with Crippen LogP contribution in [0.1, 0.15) is 31.2 Å². The van der Waals surface area contributed by atoms with Gasteiger partial charge in [-0.1, -0.05) is 12.1 Å². The molecule has 0 aliphatic carbocycles. The topological polar surface area (TPSA) is 82.3 Å². The quantitative estimate of drug-likeness (QED) is 0.641. The largest absolute Gasteiger partial charge is 0.494 e. The molecule has 0 aliphatic heterocycles. The first-order valence-corrected chi connectivity index (χ1v) is 6.73. The highest BCUT2D eigenvalue weighted by molar-refractivity contribution is 5.66. The van der Waals surface area contributed by atoms with Crippen LogP contribution in [-0.4, -0.2) is 24.2 Å². The van der Waals surface area contributed by atoms with Crippen LogP contribution in [0.15, 0.2) is 24.3 Å². The van der Waals surface area contributed by atoms with E-state index in [1.165, 1.54) is 0 Å². The lowest BCUT2D eigenvalue weighted by Crippen LogP contribution is -2.15. The van der Waals surface area contributed by atoms with E-state index in [9.17, 15) is 4.79 Å². The molecule has 0 unspecified atom stereocenters. The van der Waals surface area contributed by atoms with Gasteiger partial charge in [0.05, 0.1) is 12.7 Å². The van der Waals surface area contributed by atoms with Gasteiger partial charge in [-0.05, 0) is 37.1 Å². The number of carboxylic acid groups (broad SMARTS) is 1. The summed E-state index contributed by atoms with van der Waals surface area (Å²) in [5, 5.41) is 20.2. The zero-order valence-corrected chi connectivity index (χ0v) is 11.5. The zero-order chi connectivity index (χ0) is 14.6. The molecule has 0 aliphatic rings. The molecule has 108 valence electrons. The molecule has 20 heavy (non-hydrogen) atoms. The lowest BCUT2D eigenvalue weighted by molar-refractivity contribution is -0.137. The number of carbonyl (C=O) groups is 1. The molecule has 1 aromatic carbocycles. The van der Waals surface area contributed by atoms with Crippen molar-refractivity contribution in [1.82, 2.24) is 5.32 Å². The molecule has 0 saturated carbocycles. The Hall–Kier alpha value is -2.06. The smallest absolute Gasteiger partial charge is 0.303 e. The second-order valence-corrected chi connectivity index (χ2v) is 4.43. The van der Waals surface area contributed by atoms with E-state index in [4.69, 9.17) is 15.1 Å². The molecule has 0 bridgehead atoms. The second kappa shape index (κ2) is 9.82. The fourth-order valence-corrected chi connectivity index (χ4v) is 1.68. The number of hydrogen-bond donors (Lipinski definition) is 2. The summed E-state index contributed by atoms with van der Waals surface area (Å²) in [7, 11) is 0. The van der Waals surface area contributed by atoms with E-state index in [1.807, 2.05) is 24.3 Å². The molecule has 1 rings (SSSR count). The molecular weight excluding hydrogens is 256 g/mol. The lowest BCUT2D eigenvalue weighted by atomic mass is 10.2. The molecule has 0 saturated heterocycles. The Morgan fingerprint density at radius 2 is 2.25 bits per heavy atom. The highest BCUT2D eigenvalue weighted by Crippen LogP contribution is 2.13. The normalized spacial score (nSPS) is 9.95. The Kier molecular flexibility index (Phi) is 7.85. The van der Waals surface area contributed by atoms with Crippen molar-refractivity contribution in [3.63, 3.8) is 0 Å². The van der Waals surface area contributed by atoms with Crippen LogP contribution >= 0.6 is 0 Å². The van der Waals surface area contributed by atoms with E-state index < -0.39 is 5.97 Å². The highest BCUT2D eigenvalue weighted by atomic mass is 16.5. The van der Waals surface area contributed by atoms with Gasteiger partial charge >= 0.3 is 5.97 Å². The summed E-state index contributed by atoms with van der Waals surface area (Å²) in [6.07, 6.45) is 2.05. The standard InChI is InChI=1S/C15H20N2O3/c16-8-1-2-10-20-14-6-3-5-13(11-14)12-17-9-4-7-15(18)19/h3,5-6,11,17H,1-2,4,7,9-10,12H2,(H,18,19). The van der Waals surface area contributed by atoms with Gasteiger partial charge in [-0.3, -0.25) is 4.79 Å². The predicted molar refractivity (Wildman–Crippen MR) is 75.4 cm³/mol. The van der Waals surface area contributed by atoms with Crippen LogP contribution in [0.3, 0.4) is 0 Å². The number of rotatable bonds is 10. The van der Waals surface area contributed by atoms with Gasteiger partial charge in [0.1, 0.15) is 5.75 Å². The summed E-state index contributed by atoms with van der Waals surface area (Å²) in [5.74, 6) is 0.0346. The van der Waals surface area contributed by atoms with Crippen LogP contribution in [0.5, 0.6) is 5.75 Å². The van der Waals surface area contributed by atoms with Crippen molar-refractivity contribution < 1.29 is 14.6 Å². The number of nitriles is 1. The molecule has 0 radical (unpaired) electrons. The van der Waals surface area contributed by atoms with E-state index in [1.54, 1.807) is 0 Å². The third-order valence-corrected chi connectivity index (χ3v) is 2.67. The second-order valence-electron chi connectivity index (χ2n) is 4.43. The van der Waals surface area contributed by atoms with Gasteiger partial charge in [0.2, 0.25) is 0 Å². The van der Waals surface area contributed by atoms with Gasteiger partial charge in [-0.15, -0.1) is 0 Å². The monoisotopic (exact) mass is 276 g/mol. The average Bonchev–Trinajstić information content (AvgIpc) is 2.43. The third-order valence-electron chi connectivity index (χ3n) is 2.67. The molecule has 0 fully saturated rings. The minimum absolute atomic E-state index is 0.190. The van der Waals surface area contributed by atoms with Crippen LogP contribution in [0.2, 0.25) is 0 Å². The van der Waals surface area contributed by atoms with Gasteiger partial charge in [-0.2, -0.15) is 5.26 Å². The van der Waals surface area contributed by atoms with Gasteiger partial charge in [0.25, 0.3) is 0 Å². The van der Waals surface area contributed by atoms with Crippen molar-refractivity contribution in [3.8, 4) is 11.8 Å². The van der Waals surface area contributed by atoms with E-state index in [-0.39, 0.29) is 6.42 Å². The predicted octanol–water partition coefficient (Wildman–Crippen LogP) is 2.32. The molecular formula is C15H20N2O3. The Labute approximate surface area is 119 Å². The van der Waals surface area contributed by atoms with Crippen LogP contribution < -0.4 is 10.1 Å². The number of nitrogens with zero attached hydrogens (tertiary/aromatic N) is 1. The number of carboxylic acids is 1. The number of benzene rings is 1. The summed E-state index contributed by atoms with van der Waals surface area (Å²) >= 11 is 0. The van der Waals surface area contributed by atoms with Crippen LogP contribution in [0.4, 0.5) is 0 Å². The summed E-state index contributed by atoms with van der Waals surface area (Å²) < 4.78 is 5.55. The van der Waals surface area contributed by atoms with Gasteiger partial charge < -0.3 is 15.2 Å². The first-order chi connectivity index (χ1) is 9.72. The Morgan fingerprint density at radius 1 is 1.40 bits per heavy atom. The molecule has 0 heterocycles. The highest BCUT2D eigenvalue weighted by Gasteiger charge is 1.99. The van der Waals surface area contributed by atoms with Crippen LogP contribution in [-0.2, 0) is 11.3 Å². The molecule has 0 amide bonds. The minimum atomic E-state index is -0.764. The summed E-state index contributed by atoms with van der Waals surface area (Å²) in [5.41, 5.74) is 1.10. The van der Waals surface area contributed by atoms with Crippen molar-refractivity contribution in [2.24, 2.45) is 0 Å². The fraction of sp³-hybridized carbons (Fsp3) is 0.467. The Bertz CT molecular complexity index is 455. The zero-order valence-electron chi connectivity index (χ0n) is 11.5. The summed E-state index contributed by atoms with van der Waals surface area (Å²) in [6, 6.07) is 9.84. The van der Waals surface area contributed by atoms with Crippen molar-refractivity contribution >= 4 is 5.97 Å². The molecule has 5 heteroatoms. The fourth-order valence-electron chi connectivity index (χ4n) is 1.68. The first kappa shape index (κ1) is 16.0. The van der Waals surface area contributed by atoms with Crippen LogP contribution in [0.25, 0.3) is 0 Å². The van der Waals surface area contributed by atoms with E-state index in [2.05, 4.69) is 11.4 Å². The molecule has 5 nitrogen and oxygen atoms in total. The number of hydrogen-bond acceptors (Lipinski definition) is 4. The number of unbranched alkanes of at least 4 members (excludes halogenated alkanes) is 1. The maximum atomic E-state index is 10.4. The summed E-state index contributed by atoms with van der Waals surface area (Å²) in [4.78, 5) is 10.4. The average molecular weight is 276 g/mol. The maximum absolute atomic E-state index is 10.4. The maximum Gasteiger partial charge on any atom is 0.303 e. The van der Waals surface area contributed by atoms with E-state index in [0.717, 1.165) is 17.7 Å². The molecule has 1 aromatic rings. The van der Waals surface area contributed by atoms with Crippen molar-refractivity contribution in [2.45, 2.75) is 32.2 Å². The SMILES string of the molecule is N#CCCCOc1cccc(CNCCCC(=O)O)c1.